The molecule has 1 aliphatic carbocycles. The summed E-state index contributed by atoms with van der Waals surface area (Å²) in [6.07, 6.45) is 4.67. The van der Waals surface area contributed by atoms with Crippen molar-refractivity contribution in [3.05, 3.63) is 0 Å². The highest BCUT2D eigenvalue weighted by molar-refractivity contribution is 6.40. The molecule has 0 aromatic heterocycles. The molecule has 0 aliphatic heterocycles. The Kier molecular flexibility index (Phi) is 13.2. The summed E-state index contributed by atoms with van der Waals surface area (Å²) in [5.74, 6) is -0.597. The average Bonchev–Trinajstić information content (AvgIpc) is 2.40. The molecule has 0 saturated heterocycles. The van der Waals surface area contributed by atoms with Gasteiger partial charge in [0.2, 0.25) is 0 Å². The van der Waals surface area contributed by atoms with E-state index in [1.807, 2.05) is 0 Å². The van der Waals surface area contributed by atoms with E-state index < -0.39 is 18.6 Å². The minimum Gasteiger partial charge on any atom is -0.480 e. The van der Waals surface area contributed by atoms with Gasteiger partial charge in [0.15, 0.2) is 0 Å². The van der Waals surface area contributed by atoms with Crippen LogP contribution in [0.3, 0.4) is 0 Å². The summed E-state index contributed by atoms with van der Waals surface area (Å²) < 4.78 is 0. The van der Waals surface area contributed by atoms with Crippen LogP contribution in [0.5, 0.6) is 0 Å². The Bertz CT molecular complexity index is 255. The second-order valence-electron chi connectivity index (χ2n) is 5.26. The van der Waals surface area contributed by atoms with Crippen LogP contribution in [-0.2, 0) is 4.79 Å². The molecule has 1 aliphatic rings. The number of hydrogen-bond donors (Lipinski definition) is 5. The van der Waals surface area contributed by atoms with Gasteiger partial charge in [-0.3, -0.25) is 4.79 Å². The molecule has 120 valence electrons. The third kappa shape index (κ3) is 10.2. The van der Waals surface area contributed by atoms with Gasteiger partial charge in [-0.1, -0.05) is 33.6 Å². The number of carboxylic acids is 1. The number of aliphatic carboxylic acids is 1. The van der Waals surface area contributed by atoms with Gasteiger partial charge in [-0.25, -0.2) is 0 Å². The quantitative estimate of drug-likeness (QED) is 0.489. The van der Waals surface area contributed by atoms with Crippen LogP contribution in [0.1, 0.15) is 52.9 Å². The molecule has 6 nitrogen and oxygen atoms in total. The molecule has 2 atom stereocenters. The van der Waals surface area contributed by atoms with Gasteiger partial charge < -0.3 is 26.6 Å². The van der Waals surface area contributed by atoms with E-state index in [-0.39, 0.29) is 0 Å². The van der Waals surface area contributed by atoms with Gasteiger partial charge in [0.05, 0.1) is 0 Å². The van der Waals surface area contributed by atoms with Crippen molar-refractivity contribution in [2.75, 3.05) is 6.54 Å². The van der Waals surface area contributed by atoms with Crippen LogP contribution >= 0.6 is 0 Å². The van der Waals surface area contributed by atoms with E-state index >= 15 is 0 Å². The van der Waals surface area contributed by atoms with Gasteiger partial charge in [0.1, 0.15) is 5.54 Å². The molecule has 0 aromatic rings. The van der Waals surface area contributed by atoms with Crippen LogP contribution in [0.4, 0.5) is 0 Å². The van der Waals surface area contributed by atoms with E-state index in [9.17, 15) is 4.79 Å². The molecule has 20 heavy (non-hydrogen) atoms. The molecule has 1 unspecified atom stereocenters. The first kappa shape index (κ1) is 21.7. The molecule has 7 N–H and O–H groups in total. The van der Waals surface area contributed by atoms with Crippen LogP contribution in [0.25, 0.3) is 0 Å². The van der Waals surface area contributed by atoms with E-state index in [1.165, 1.54) is 6.42 Å². The summed E-state index contributed by atoms with van der Waals surface area (Å²) >= 11 is 0. The Hall–Kier alpha value is -0.625. The van der Waals surface area contributed by atoms with Crippen molar-refractivity contribution in [2.45, 2.75) is 64.7 Å². The lowest BCUT2D eigenvalue weighted by molar-refractivity contribution is -0.145. The number of carboxylic acid groups (broad SMARTS) is 1. The van der Waals surface area contributed by atoms with Crippen molar-refractivity contribution in [3.8, 4) is 0 Å². The molecule has 7 heteroatoms. The van der Waals surface area contributed by atoms with Gasteiger partial charge in [-0.2, -0.15) is 0 Å². The van der Waals surface area contributed by atoms with Crippen molar-refractivity contribution in [1.82, 2.24) is 0 Å². The lowest BCUT2D eigenvalue weighted by atomic mass is 9.76. The zero-order chi connectivity index (χ0) is 16.2. The monoisotopic (exact) mass is 290 g/mol. The molecule has 0 spiro atoms. The fourth-order valence-electron chi connectivity index (χ4n) is 1.82. The summed E-state index contributed by atoms with van der Waals surface area (Å²) in [6, 6.07) is 0. The SMILES string of the molecule is CCB(O)O.CCC.NC[C@@H]1CCCC(N)(C(=O)O)C1. The molecule has 0 radical (unpaired) electrons. The largest absolute Gasteiger partial charge is 0.480 e. The lowest BCUT2D eigenvalue weighted by Crippen LogP contribution is -2.52. The normalized spacial score (nSPS) is 24.6. The summed E-state index contributed by atoms with van der Waals surface area (Å²) in [6.45, 7) is 6.50. The number of nitrogens with two attached hydrogens (primary N) is 2. The highest BCUT2D eigenvalue weighted by atomic mass is 16.4. The zero-order valence-electron chi connectivity index (χ0n) is 13.0. The molecule has 1 rings (SSSR count). The van der Waals surface area contributed by atoms with Crippen LogP contribution in [0.15, 0.2) is 0 Å². The van der Waals surface area contributed by atoms with E-state index in [2.05, 4.69) is 13.8 Å². The molecule has 0 aromatic carbocycles. The summed E-state index contributed by atoms with van der Waals surface area (Å²) in [5, 5.41) is 24.7. The first-order valence-corrected chi connectivity index (χ1v) is 7.35. The highest BCUT2D eigenvalue weighted by Gasteiger charge is 2.38. The summed E-state index contributed by atoms with van der Waals surface area (Å²) in [5.41, 5.74) is 10.2. The van der Waals surface area contributed by atoms with Crippen LogP contribution in [-0.4, -0.2) is 40.3 Å². The first-order valence-electron chi connectivity index (χ1n) is 7.35. The Morgan fingerprint density at radius 2 is 1.80 bits per heavy atom. The Morgan fingerprint density at radius 3 is 2.10 bits per heavy atom. The van der Waals surface area contributed by atoms with Crippen LogP contribution in [0, 0.1) is 5.92 Å². The Labute approximate surface area is 122 Å². The van der Waals surface area contributed by atoms with E-state index in [0.717, 1.165) is 12.8 Å². The standard InChI is InChI=1S/C8H16N2O2.C3H8.C2H7BO2/c9-5-6-2-1-3-8(10,4-6)7(11)12;1-3-2;1-2-3(4)5/h6H,1-5,9-10H2,(H,11,12);3H2,1-2H3;4-5H,2H2,1H3/t6-,8?;;/m1../s1. The zero-order valence-corrected chi connectivity index (χ0v) is 13.0. The smallest absolute Gasteiger partial charge is 0.451 e. The molecule has 0 bridgehead atoms. The third-order valence-electron chi connectivity index (χ3n) is 3.01. The van der Waals surface area contributed by atoms with Gasteiger partial charge in [-0.05, 0) is 38.0 Å². The lowest BCUT2D eigenvalue weighted by Gasteiger charge is -2.33. The van der Waals surface area contributed by atoms with Crippen molar-refractivity contribution >= 4 is 13.1 Å². The highest BCUT2D eigenvalue weighted by Crippen LogP contribution is 2.30. The minimum absolute atomic E-state index is 0.292. The molecular formula is C13H31BN2O4. The minimum atomic E-state index is -1.12. The molecule has 1 saturated carbocycles. The van der Waals surface area contributed by atoms with Crippen molar-refractivity contribution in [2.24, 2.45) is 17.4 Å². The summed E-state index contributed by atoms with van der Waals surface area (Å²) in [4.78, 5) is 10.8. The molecule has 1 fully saturated rings. The van der Waals surface area contributed by atoms with E-state index in [4.69, 9.17) is 26.6 Å². The van der Waals surface area contributed by atoms with Crippen LogP contribution in [0.2, 0.25) is 6.32 Å². The van der Waals surface area contributed by atoms with Crippen molar-refractivity contribution < 1.29 is 19.9 Å². The summed E-state index contributed by atoms with van der Waals surface area (Å²) in [7, 11) is -1.12. The molecule has 0 amide bonds. The fraction of sp³-hybridized carbons (Fsp3) is 0.923. The first-order chi connectivity index (χ1) is 9.27. The van der Waals surface area contributed by atoms with E-state index in [0.29, 0.717) is 31.6 Å². The van der Waals surface area contributed by atoms with Gasteiger partial charge in [0.25, 0.3) is 0 Å². The Balaban J connectivity index is 0. The third-order valence-corrected chi connectivity index (χ3v) is 3.01. The maximum absolute atomic E-state index is 10.8. The van der Waals surface area contributed by atoms with Gasteiger partial charge >= 0.3 is 13.1 Å². The average molecular weight is 290 g/mol. The van der Waals surface area contributed by atoms with E-state index in [1.54, 1.807) is 6.92 Å². The van der Waals surface area contributed by atoms with Crippen molar-refractivity contribution in [1.29, 1.82) is 0 Å². The predicted molar refractivity (Wildman–Crippen MR) is 82.2 cm³/mol. The number of carbonyl (C=O) groups is 1. The van der Waals surface area contributed by atoms with Gasteiger partial charge in [-0.15, -0.1) is 0 Å². The molecule has 0 heterocycles. The molecular weight excluding hydrogens is 259 g/mol. The van der Waals surface area contributed by atoms with Crippen molar-refractivity contribution in [3.63, 3.8) is 0 Å². The maximum Gasteiger partial charge on any atom is 0.451 e. The fourth-order valence-corrected chi connectivity index (χ4v) is 1.82. The number of hydrogen-bond acceptors (Lipinski definition) is 5. The number of rotatable bonds is 3. The predicted octanol–water partition coefficient (Wildman–Crippen LogP) is 0.813. The second kappa shape index (κ2) is 12.1. The Morgan fingerprint density at radius 1 is 1.35 bits per heavy atom. The van der Waals surface area contributed by atoms with Gasteiger partial charge in [0, 0.05) is 0 Å². The topological polar surface area (TPSA) is 130 Å². The maximum atomic E-state index is 10.8. The van der Waals surface area contributed by atoms with Crippen LogP contribution < -0.4 is 11.5 Å². The second-order valence-corrected chi connectivity index (χ2v) is 5.26.